The molecule has 6 nitrogen and oxygen atoms in total. The molecule has 0 radical (unpaired) electrons. The second-order valence-electron chi connectivity index (χ2n) is 8.09. The van der Waals surface area contributed by atoms with Crippen LogP contribution < -0.4 is 14.8 Å². The van der Waals surface area contributed by atoms with Gasteiger partial charge in [-0.1, -0.05) is 18.2 Å². The number of nitrogens with one attached hydrogen (secondary N) is 1. The Kier molecular flexibility index (Phi) is 7.83. The van der Waals surface area contributed by atoms with Crippen LogP contribution in [0.5, 0.6) is 11.5 Å². The van der Waals surface area contributed by atoms with Crippen molar-refractivity contribution in [1.29, 1.82) is 0 Å². The van der Waals surface area contributed by atoms with Crippen molar-refractivity contribution in [2.24, 2.45) is 0 Å². The number of hydrogen-bond acceptors (Lipinski definition) is 5. The van der Waals surface area contributed by atoms with Crippen molar-refractivity contribution < 1.29 is 19.1 Å². The van der Waals surface area contributed by atoms with Gasteiger partial charge in [0.15, 0.2) is 18.1 Å². The standard InChI is InChI=1S/C26H30N2O4S/c1-2-31-23-16-19(10-11-22(23)32-17-25(29)28-14-6-3-7-15-28)26(30)27-13-12-20-18-33-24-9-5-4-8-21(20)24/h4-5,8-11,16,18H,2-3,6-7,12-15,17H2,1H3,(H,27,30). The van der Waals surface area contributed by atoms with Crippen LogP contribution >= 0.6 is 11.3 Å². The fraction of sp³-hybridized carbons (Fsp3) is 0.385. The number of piperidine rings is 1. The number of benzene rings is 2. The Labute approximate surface area is 198 Å². The van der Waals surface area contributed by atoms with Crippen molar-refractivity contribution in [2.45, 2.75) is 32.6 Å². The molecule has 3 aromatic rings. The van der Waals surface area contributed by atoms with E-state index >= 15 is 0 Å². The number of ether oxygens (including phenoxy) is 2. The minimum atomic E-state index is -0.161. The van der Waals surface area contributed by atoms with Crippen LogP contribution in [0.3, 0.4) is 0 Å². The molecule has 7 heteroatoms. The first-order valence-electron chi connectivity index (χ1n) is 11.6. The zero-order valence-corrected chi connectivity index (χ0v) is 19.8. The Bertz CT molecular complexity index is 1100. The fourth-order valence-electron chi connectivity index (χ4n) is 4.05. The van der Waals surface area contributed by atoms with E-state index in [9.17, 15) is 9.59 Å². The number of carbonyl (C=O) groups is 2. The summed E-state index contributed by atoms with van der Waals surface area (Å²) in [5.41, 5.74) is 1.75. The Morgan fingerprint density at radius 1 is 1.03 bits per heavy atom. The normalized spacial score (nSPS) is 13.7. The van der Waals surface area contributed by atoms with Gasteiger partial charge in [-0.3, -0.25) is 9.59 Å². The van der Waals surface area contributed by atoms with Crippen molar-refractivity contribution in [3.05, 3.63) is 59.0 Å². The third kappa shape index (κ3) is 5.85. The summed E-state index contributed by atoms with van der Waals surface area (Å²) in [7, 11) is 0. The third-order valence-electron chi connectivity index (χ3n) is 5.81. The summed E-state index contributed by atoms with van der Waals surface area (Å²) in [5.74, 6) is 0.773. The second kappa shape index (κ2) is 11.2. The van der Waals surface area contributed by atoms with E-state index in [2.05, 4.69) is 22.8 Å². The van der Waals surface area contributed by atoms with Crippen molar-refractivity contribution in [2.75, 3.05) is 32.8 Å². The summed E-state index contributed by atoms with van der Waals surface area (Å²) in [6.45, 7) is 4.42. The molecule has 1 saturated heterocycles. The molecular weight excluding hydrogens is 436 g/mol. The predicted octanol–water partition coefficient (Wildman–Crippen LogP) is 4.66. The van der Waals surface area contributed by atoms with Crippen LogP contribution in [0.1, 0.15) is 42.1 Å². The second-order valence-corrected chi connectivity index (χ2v) is 9.00. The van der Waals surface area contributed by atoms with E-state index < -0.39 is 0 Å². The highest BCUT2D eigenvalue weighted by Crippen LogP contribution is 2.29. The highest BCUT2D eigenvalue weighted by molar-refractivity contribution is 7.17. The lowest BCUT2D eigenvalue weighted by molar-refractivity contribution is -0.134. The zero-order valence-electron chi connectivity index (χ0n) is 19.0. The van der Waals surface area contributed by atoms with Crippen LogP contribution in [0.4, 0.5) is 0 Å². The highest BCUT2D eigenvalue weighted by atomic mass is 32.1. The maximum absolute atomic E-state index is 12.7. The highest BCUT2D eigenvalue weighted by Gasteiger charge is 2.18. The molecule has 33 heavy (non-hydrogen) atoms. The Balaban J connectivity index is 1.34. The minimum absolute atomic E-state index is 0.0140. The molecule has 4 rings (SSSR count). The minimum Gasteiger partial charge on any atom is -0.490 e. The number of amides is 2. The molecule has 1 aliphatic heterocycles. The molecule has 1 fully saturated rings. The lowest BCUT2D eigenvalue weighted by Gasteiger charge is -2.26. The van der Waals surface area contributed by atoms with Gasteiger partial charge in [0.25, 0.3) is 11.8 Å². The number of likely N-dealkylation sites (tertiary alicyclic amines) is 1. The molecule has 174 valence electrons. The van der Waals surface area contributed by atoms with Gasteiger partial charge in [0.1, 0.15) is 0 Å². The van der Waals surface area contributed by atoms with Gasteiger partial charge < -0.3 is 19.7 Å². The van der Waals surface area contributed by atoms with Gasteiger partial charge in [-0.05, 0) is 73.2 Å². The fourth-order valence-corrected chi connectivity index (χ4v) is 5.05. The van der Waals surface area contributed by atoms with Crippen molar-refractivity contribution in [1.82, 2.24) is 10.2 Å². The number of carbonyl (C=O) groups excluding carboxylic acids is 2. The first kappa shape index (κ1) is 23.1. The van der Waals surface area contributed by atoms with Gasteiger partial charge in [-0.2, -0.15) is 0 Å². The van der Waals surface area contributed by atoms with Crippen molar-refractivity contribution in [3.8, 4) is 11.5 Å². The summed E-state index contributed by atoms with van der Waals surface area (Å²) < 4.78 is 12.7. The molecule has 1 aliphatic rings. The van der Waals surface area contributed by atoms with E-state index in [4.69, 9.17) is 9.47 Å². The summed E-state index contributed by atoms with van der Waals surface area (Å²) >= 11 is 1.72. The SMILES string of the molecule is CCOc1cc(C(=O)NCCc2csc3ccccc23)ccc1OCC(=O)N1CCCCC1. The zero-order chi connectivity index (χ0) is 23.0. The summed E-state index contributed by atoms with van der Waals surface area (Å²) in [6, 6.07) is 13.4. The molecule has 2 heterocycles. The van der Waals surface area contributed by atoms with Crippen LogP contribution in [0.2, 0.25) is 0 Å². The van der Waals surface area contributed by atoms with Crippen LogP contribution in [0, 0.1) is 0 Å². The monoisotopic (exact) mass is 466 g/mol. The number of nitrogens with zero attached hydrogens (tertiary/aromatic N) is 1. The van der Waals surface area contributed by atoms with E-state index in [0.29, 0.717) is 30.2 Å². The van der Waals surface area contributed by atoms with Crippen LogP contribution in [0.25, 0.3) is 10.1 Å². The molecule has 0 unspecified atom stereocenters. The van der Waals surface area contributed by atoms with Gasteiger partial charge in [0.2, 0.25) is 0 Å². The molecule has 0 atom stereocenters. The number of thiophene rings is 1. The van der Waals surface area contributed by atoms with Gasteiger partial charge >= 0.3 is 0 Å². The molecule has 1 aromatic heterocycles. The van der Waals surface area contributed by atoms with E-state index in [1.807, 2.05) is 24.0 Å². The lowest BCUT2D eigenvalue weighted by Crippen LogP contribution is -2.38. The van der Waals surface area contributed by atoms with Crippen molar-refractivity contribution >= 4 is 33.2 Å². The number of fused-ring (bicyclic) bond motifs is 1. The Morgan fingerprint density at radius 3 is 2.67 bits per heavy atom. The van der Waals surface area contributed by atoms with Crippen LogP contribution in [-0.4, -0.2) is 49.6 Å². The Morgan fingerprint density at radius 2 is 1.85 bits per heavy atom. The molecule has 0 aliphatic carbocycles. The average molecular weight is 467 g/mol. The Hall–Kier alpha value is -3.06. The van der Waals surface area contributed by atoms with Crippen molar-refractivity contribution in [3.63, 3.8) is 0 Å². The van der Waals surface area contributed by atoms with Gasteiger partial charge in [0, 0.05) is 29.9 Å². The quantitative estimate of drug-likeness (QED) is 0.498. The van der Waals surface area contributed by atoms with E-state index in [1.54, 1.807) is 29.5 Å². The van der Waals surface area contributed by atoms with E-state index in [0.717, 1.165) is 32.4 Å². The van der Waals surface area contributed by atoms with Gasteiger partial charge in [-0.25, -0.2) is 0 Å². The first-order chi connectivity index (χ1) is 16.2. The lowest BCUT2D eigenvalue weighted by atomic mass is 10.1. The molecule has 0 saturated carbocycles. The molecule has 1 N–H and O–H groups in total. The first-order valence-corrected chi connectivity index (χ1v) is 12.4. The smallest absolute Gasteiger partial charge is 0.260 e. The van der Waals surface area contributed by atoms with Gasteiger partial charge in [0.05, 0.1) is 6.61 Å². The maximum Gasteiger partial charge on any atom is 0.260 e. The predicted molar refractivity (Wildman–Crippen MR) is 131 cm³/mol. The third-order valence-corrected chi connectivity index (χ3v) is 6.82. The maximum atomic E-state index is 12.7. The van der Waals surface area contributed by atoms with Gasteiger partial charge in [-0.15, -0.1) is 11.3 Å². The molecule has 0 spiro atoms. The molecule has 2 aromatic carbocycles. The number of hydrogen-bond donors (Lipinski definition) is 1. The van der Waals surface area contributed by atoms with E-state index in [1.165, 1.54) is 22.1 Å². The average Bonchev–Trinajstić information content (AvgIpc) is 3.27. The molecular formula is C26H30N2O4S. The summed E-state index contributed by atoms with van der Waals surface area (Å²) in [6.07, 6.45) is 4.03. The molecule has 0 bridgehead atoms. The topological polar surface area (TPSA) is 67.9 Å². The summed E-state index contributed by atoms with van der Waals surface area (Å²) in [4.78, 5) is 27.0. The molecule has 2 amide bonds. The summed E-state index contributed by atoms with van der Waals surface area (Å²) in [5, 5.41) is 6.39. The van der Waals surface area contributed by atoms with E-state index in [-0.39, 0.29) is 18.4 Å². The largest absolute Gasteiger partial charge is 0.490 e. The van der Waals surface area contributed by atoms with Crippen LogP contribution in [0.15, 0.2) is 47.8 Å². The van der Waals surface area contributed by atoms with Crippen LogP contribution in [-0.2, 0) is 11.2 Å². The number of rotatable bonds is 9.